The highest BCUT2D eigenvalue weighted by atomic mass is 35.5. The van der Waals surface area contributed by atoms with Crippen LogP contribution in [0.2, 0.25) is 5.02 Å². The van der Waals surface area contributed by atoms with Gasteiger partial charge in [0, 0.05) is 5.02 Å². The maximum absolute atomic E-state index is 12.3. The third-order valence-corrected chi connectivity index (χ3v) is 3.50. The largest absolute Gasteiger partial charge is 0.480 e. The van der Waals surface area contributed by atoms with Crippen LogP contribution < -0.4 is 10.1 Å². The number of aliphatic hydroxyl groups is 1. The van der Waals surface area contributed by atoms with Crippen LogP contribution in [-0.2, 0) is 4.79 Å². The van der Waals surface area contributed by atoms with Crippen LogP contribution in [0.3, 0.4) is 0 Å². The Morgan fingerprint density at radius 1 is 1.35 bits per heavy atom. The number of hydrogen-bond donors (Lipinski definition) is 2. The second-order valence-corrected chi connectivity index (χ2v) is 5.95. The maximum atomic E-state index is 12.3. The van der Waals surface area contributed by atoms with Gasteiger partial charge >= 0.3 is 0 Å². The number of carbonyl (C=O) groups is 1. The van der Waals surface area contributed by atoms with E-state index in [1.807, 2.05) is 13.8 Å². The lowest BCUT2D eigenvalue weighted by Crippen LogP contribution is -2.43. The molecular formula is C17H20ClNO4. The monoisotopic (exact) mass is 337 g/mol. The molecule has 0 bridgehead atoms. The number of amides is 1. The van der Waals surface area contributed by atoms with E-state index < -0.39 is 12.2 Å². The van der Waals surface area contributed by atoms with Crippen LogP contribution in [0.25, 0.3) is 0 Å². The Morgan fingerprint density at radius 3 is 2.74 bits per heavy atom. The van der Waals surface area contributed by atoms with Crippen molar-refractivity contribution in [1.82, 2.24) is 5.32 Å². The molecule has 2 aromatic rings. The van der Waals surface area contributed by atoms with E-state index in [0.29, 0.717) is 16.5 Å². The van der Waals surface area contributed by atoms with E-state index in [1.54, 1.807) is 36.4 Å². The third-order valence-electron chi connectivity index (χ3n) is 3.26. The summed E-state index contributed by atoms with van der Waals surface area (Å²) in [5.74, 6) is 0.584. The van der Waals surface area contributed by atoms with Gasteiger partial charge in [-0.25, -0.2) is 0 Å². The number of aliphatic hydroxyl groups excluding tert-OH is 1. The van der Waals surface area contributed by atoms with Crippen molar-refractivity contribution in [3.05, 3.63) is 53.4 Å². The van der Waals surface area contributed by atoms with Crippen LogP contribution in [0, 0.1) is 5.92 Å². The van der Waals surface area contributed by atoms with E-state index in [9.17, 15) is 9.90 Å². The average Bonchev–Trinajstić information content (AvgIpc) is 3.04. The minimum Gasteiger partial charge on any atom is -0.480 e. The van der Waals surface area contributed by atoms with E-state index in [-0.39, 0.29) is 18.4 Å². The van der Waals surface area contributed by atoms with Crippen molar-refractivity contribution in [1.29, 1.82) is 0 Å². The molecule has 0 aliphatic rings. The number of rotatable bonds is 7. The molecule has 1 aromatic heterocycles. The summed E-state index contributed by atoms with van der Waals surface area (Å²) in [4.78, 5) is 12.3. The zero-order chi connectivity index (χ0) is 16.8. The molecule has 0 radical (unpaired) electrons. The molecule has 1 heterocycles. The fourth-order valence-corrected chi connectivity index (χ4v) is 2.24. The molecule has 0 aliphatic heterocycles. The highest BCUT2D eigenvalue weighted by Gasteiger charge is 2.25. The number of nitrogens with one attached hydrogen (secondary N) is 1. The third kappa shape index (κ3) is 5.01. The molecule has 2 N–H and O–H groups in total. The maximum Gasteiger partial charge on any atom is 0.261 e. The van der Waals surface area contributed by atoms with Gasteiger partial charge in [-0.05, 0) is 36.2 Å². The van der Waals surface area contributed by atoms with Gasteiger partial charge < -0.3 is 19.6 Å². The Labute approximate surface area is 140 Å². The Kier molecular flexibility index (Phi) is 6.07. The first-order valence-electron chi connectivity index (χ1n) is 7.38. The van der Waals surface area contributed by atoms with Crippen molar-refractivity contribution in [3.8, 4) is 5.75 Å². The van der Waals surface area contributed by atoms with Gasteiger partial charge in [-0.2, -0.15) is 0 Å². The number of ether oxygens (including phenoxy) is 1. The van der Waals surface area contributed by atoms with E-state index in [2.05, 4.69) is 5.32 Å². The molecule has 2 atom stereocenters. The zero-order valence-electron chi connectivity index (χ0n) is 13.0. The molecule has 23 heavy (non-hydrogen) atoms. The van der Waals surface area contributed by atoms with Crippen molar-refractivity contribution in [2.75, 3.05) is 6.54 Å². The topological polar surface area (TPSA) is 71.7 Å². The normalized spacial score (nSPS) is 13.6. The molecule has 2 unspecified atom stereocenters. The van der Waals surface area contributed by atoms with Gasteiger partial charge in [0.1, 0.15) is 17.6 Å². The average molecular weight is 338 g/mol. The predicted octanol–water partition coefficient (Wildman–Crippen LogP) is 3.19. The van der Waals surface area contributed by atoms with Crippen LogP contribution in [0.15, 0.2) is 47.1 Å². The lowest BCUT2D eigenvalue weighted by atomic mass is 10.1. The standard InChI is InChI=1S/C17H20ClNO4/c1-11(2)16(23-13-6-3-5-12(18)9-13)17(21)19-10-14(20)15-7-4-8-22-15/h3-9,11,14,16,20H,10H2,1-2H3,(H,19,21). The van der Waals surface area contributed by atoms with Gasteiger partial charge in [-0.15, -0.1) is 0 Å². The summed E-state index contributed by atoms with van der Waals surface area (Å²) in [5, 5.41) is 13.2. The molecule has 1 aromatic carbocycles. The molecule has 2 rings (SSSR count). The Bertz CT molecular complexity index is 627. The molecule has 0 spiro atoms. The van der Waals surface area contributed by atoms with Gasteiger partial charge in [-0.1, -0.05) is 31.5 Å². The van der Waals surface area contributed by atoms with Gasteiger partial charge in [0.05, 0.1) is 12.8 Å². The van der Waals surface area contributed by atoms with Crippen molar-refractivity contribution in [3.63, 3.8) is 0 Å². The number of carbonyl (C=O) groups excluding carboxylic acids is 1. The highest BCUT2D eigenvalue weighted by molar-refractivity contribution is 6.30. The molecular weight excluding hydrogens is 318 g/mol. The summed E-state index contributed by atoms with van der Waals surface area (Å²) in [6, 6.07) is 10.2. The molecule has 0 saturated carbocycles. The van der Waals surface area contributed by atoms with E-state index in [1.165, 1.54) is 6.26 Å². The first-order chi connectivity index (χ1) is 11.0. The quantitative estimate of drug-likeness (QED) is 0.814. The zero-order valence-corrected chi connectivity index (χ0v) is 13.8. The number of halogens is 1. The van der Waals surface area contributed by atoms with E-state index in [0.717, 1.165) is 0 Å². The van der Waals surface area contributed by atoms with Crippen molar-refractivity contribution < 1.29 is 19.1 Å². The van der Waals surface area contributed by atoms with E-state index in [4.69, 9.17) is 20.8 Å². The lowest BCUT2D eigenvalue weighted by Gasteiger charge is -2.22. The van der Waals surface area contributed by atoms with Crippen LogP contribution in [-0.4, -0.2) is 23.7 Å². The highest BCUT2D eigenvalue weighted by Crippen LogP contribution is 2.21. The summed E-state index contributed by atoms with van der Waals surface area (Å²) in [5.41, 5.74) is 0. The fourth-order valence-electron chi connectivity index (χ4n) is 2.06. The van der Waals surface area contributed by atoms with Crippen molar-refractivity contribution in [2.24, 2.45) is 5.92 Å². The number of hydrogen-bond acceptors (Lipinski definition) is 4. The molecule has 0 saturated heterocycles. The molecule has 0 aliphatic carbocycles. The van der Waals surface area contributed by atoms with Gasteiger partial charge in [0.15, 0.2) is 6.10 Å². The first-order valence-corrected chi connectivity index (χ1v) is 7.76. The molecule has 0 fully saturated rings. The molecule has 5 nitrogen and oxygen atoms in total. The summed E-state index contributed by atoms with van der Waals surface area (Å²) in [6.07, 6.45) is -0.107. The van der Waals surface area contributed by atoms with Crippen LogP contribution >= 0.6 is 11.6 Å². The molecule has 6 heteroatoms. The molecule has 1 amide bonds. The summed E-state index contributed by atoms with van der Waals surface area (Å²) >= 11 is 5.92. The Balaban J connectivity index is 1.95. The summed E-state index contributed by atoms with van der Waals surface area (Å²) in [6.45, 7) is 3.82. The van der Waals surface area contributed by atoms with Gasteiger partial charge in [0.25, 0.3) is 5.91 Å². The predicted molar refractivity (Wildman–Crippen MR) is 87.4 cm³/mol. The minimum atomic E-state index is -0.895. The Hall–Kier alpha value is -1.98. The van der Waals surface area contributed by atoms with Crippen LogP contribution in [0.1, 0.15) is 25.7 Å². The Morgan fingerprint density at radius 2 is 2.13 bits per heavy atom. The van der Waals surface area contributed by atoms with Crippen molar-refractivity contribution in [2.45, 2.75) is 26.1 Å². The number of benzene rings is 1. The van der Waals surface area contributed by atoms with Crippen LogP contribution in [0.4, 0.5) is 0 Å². The van der Waals surface area contributed by atoms with Gasteiger partial charge in [0.2, 0.25) is 0 Å². The summed E-state index contributed by atoms with van der Waals surface area (Å²) in [7, 11) is 0. The van der Waals surface area contributed by atoms with Gasteiger partial charge in [-0.3, -0.25) is 4.79 Å². The molecule has 124 valence electrons. The first kappa shape index (κ1) is 17.4. The van der Waals surface area contributed by atoms with E-state index >= 15 is 0 Å². The minimum absolute atomic E-state index is 0.0465. The van der Waals surface area contributed by atoms with Crippen molar-refractivity contribution >= 4 is 17.5 Å². The SMILES string of the molecule is CC(C)C(Oc1cccc(Cl)c1)C(=O)NCC(O)c1ccco1. The van der Waals surface area contributed by atoms with Crippen LogP contribution in [0.5, 0.6) is 5.75 Å². The lowest BCUT2D eigenvalue weighted by molar-refractivity contribution is -0.130. The second kappa shape index (κ2) is 8.04. The summed E-state index contributed by atoms with van der Waals surface area (Å²) < 4.78 is 10.8. The number of furan rings is 1. The fraction of sp³-hybridized carbons (Fsp3) is 0.353. The second-order valence-electron chi connectivity index (χ2n) is 5.52. The smallest absolute Gasteiger partial charge is 0.261 e.